The molecule has 1 aromatic carbocycles. The van der Waals surface area contributed by atoms with Gasteiger partial charge in [0.25, 0.3) is 5.92 Å². The number of ether oxygens (including phenoxy) is 2. The molecule has 0 radical (unpaired) electrons. The second-order valence-electron chi connectivity index (χ2n) is 4.31. The Morgan fingerprint density at radius 2 is 1.89 bits per heavy atom. The van der Waals surface area contributed by atoms with E-state index in [0.717, 1.165) is 6.92 Å². The molecule has 0 aliphatic carbocycles. The van der Waals surface area contributed by atoms with E-state index in [1.54, 1.807) is 6.92 Å². The van der Waals surface area contributed by atoms with Crippen LogP contribution < -0.4 is 9.47 Å². The Morgan fingerprint density at radius 3 is 2.28 bits per heavy atom. The van der Waals surface area contributed by atoms with E-state index in [1.165, 1.54) is 26.4 Å². The molecule has 1 N–H and O–H groups in total. The highest BCUT2D eigenvalue weighted by molar-refractivity contribution is 5.50. The SMILES string of the molecule is COc1cc(C(C)(F)F)cc(CC(C)O)c1OC. The summed E-state index contributed by atoms with van der Waals surface area (Å²) in [5, 5.41) is 9.40. The van der Waals surface area contributed by atoms with E-state index < -0.39 is 12.0 Å². The molecule has 1 aromatic rings. The first-order chi connectivity index (χ1) is 8.29. The number of halogens is 2. The van der Waals surface area contributed by atoms with Gasteiger partial charge in [0, 0.05) is 24.5 Å². The average molecular weight is 260 g/mol. The normalized spacial score (nSPS) is 13.3. The Morgan fingerprint density at radius 1 is 1.28 bits per heavy atom. The number of aliphatic hydroxyl groups is 1. The Balaban J connectivity index is 3.36. The molecule has 102 valence electrons. The maximum absolute atomic E-state index is 13.4. The summed E-state index contributed by atoms with van der Waals surface area (Å²) >= 11 is 0. The number of benzene rings is 1. The van der Waals surface area contributed by atoms with Gasteiger partial charge in [-0.1, -0.05) is 0 Å². The highest BCUT2D eigenvalue weighted by Crippen LogP contribution is 2.38. The molecule has 0 amide bonds. The lowest BCUT2D eigenvalue weighted by Gasteiger charge is -2.18. The third-order valence-electron chi connectivity index (χ3n) is 2.58. The number of hydrogen-bond donors (Lipinski definition) is 1. The highest BCUT2D eigenvalue weighted by Gasteiger charge is 2.27. The van der Waals surface area contributed by atoms with Crippen molar-refractivity contribution in [2.75, 3.05) is 14.2 Å². The van der Waals surface area contributed by atoms with E-state index >= 15 is 0 Å². The van der Waals surface area contributed by atoms with E-state index in [2.05, 4.69) is 0 Å². The van der Waals surface area contributed by atoms with E-state index in [-0.39, 0.29) is 17.7 Å². The van der Waals surface area contributed by atoms with Crippen LogP contribution in [-0.4, -0.2) is 25.4 Å². The second-order valence-corrected chi connectivity index (χ2v) is 4.31. The van der Waals surface area contributed by atoms with Crippen LogP contribution in [0, 0.1) is 0 Å². The molecule has 0 spiro atoms. The van der Waals surface area contributed by atoms with Crippen LogP contribution in [0.2, 0.25) is 0 Å². The van der Waals surface area contributed by atoms with E-state index in [4.69, 9.17) is 9.47 Å². The van der Waals surface area contributed by atoms with Gasteiger partial charge in [-0.15, -0.1) is 0 Å². The minimum atomic E-state index is -2.97. The monoisotopic (exact) mass is 260 g/mol. The molecule has 0 heterocycles. The Kier molecular flexibility index (Phi) is 4.51. The van der Waals surface area contributed by atoms with Crippen molar-refractivity contribution in [3.05, 3.63) is 23.3 Å². The van der Waals surface area contributed by atoms with Gasteiger partial charge >= 0.3 is 0 Å². The molecule has 18 heavy (non-hydrogen) atoms. The fourth-order valence-corrected chi connectivity index (χ4v) is 1.77. The van der Waals surface area contributed by atoms with Gasteiger partial charge in [-0.05, 0) is 19.1 Å². The zero-order chi connectivity index (χ0) is 13.9. The highest BCUT2D eigenvalue weighted by atomic mass is 19.3. The predicted molar refractivity (Wildman–Crippen MR) is 64.5 cm³/mol. The summed E-state index contributed by atoms with van der Waals surface area (Å²) in [5.74, 6) is -2.34. The first-order valence-corrected chi connectivity index (χ1v) is 5.60. The van der Waals surface area contributed by atoms with Gasteiger partial charge in [-0.25, -0.2) is 8.78 Å². The largest absolute Gasteiger partial charge is 0.493 e. The van der Waals surface area contributed by atoms with Crippen molar-refractivity contribution in [2.45, 2.75) is 32.3 Å². The summed E-state index contributed by atoms with van der Waals surface area (Å²) in [5.41, 5.74) is 0.346. The van der Waals surface area contributed by atoms with Crippen LogP contribution in [0.15, 0.2) is 12.1 Å². The zero-order valence-electron chi connectivity index (χ0n) is 11.0. The van der Waals surface area contributed by atoms with E-state index in [0.29, 0.717) is 11.3 Å². The van der Waals surface area contributed by atoms with Crippen LogP contribution in [0.5, 0.6) is 11.5 Å². The minimum Gasteiger partial charge on any atom is -0.493 e. The molecule has 1 atom stereocenters. The van der Waals surface area contributed by atoms with Gasteiger partial charge in [0.15, 0.2) is 11.5 Å². The van der Waals surface area contributed by atoms with Gasteiger partial charge in [-0.2, -0.15) is 0 Å². The number of aliphatic hydroxyl groups excluding tert-OH is 1. The zero-order valence-corrected chi connectivity index (χ0v) is 11.0. The molecule has 0 saturated heterocycles. The Labute approximate surface area is 105 Å². The summed E-state index contributed by atoms with van der Waals surface area (Å²) in [4.78, 5) is 0. The van der Waals surface area contributed by atoms with Crippen LogP contribution in [0.1, 0.15) is 25.0 Å². The van der Waals surface area contributed by atoms with Crippen LogP contribution in [-0.2, 0) is 12.3 Å². The average Bonchev–Trinajstić information content (AvgIpc) is 2.25. The van der Waals surface area contributed by atoms with Gasteiger partial charge in [0.1, 0.15) is 0 Å². The van der Waals surface area contributed by atoms with Crippen LogP contribution in [0.4, 0.5) is 8.78 Å². The molecule has 0 aliphatic rings. The number of alkyl halides is 2. The van der Waals surface area contributed by atoms with Crippen molar-refractivity contribution >= 4 is 0 Å². The van der Waals surface area contributed by atoms with Crippen molar-refractivity contribution < 1.29 is 23.4 Å². The lowest BCUT2D eigenvalue weighted by atomic mass is 10.0. The predicted octanol–water partition coefficient (Wildman–Crippen LogP) is 2.74. The molecule has 0 saturated carbocycles. The summed E-state index contributed by atoms with van der Waals surface area (Å²) in [7, 11) is 2.83. The quantitative estimate of drug-likeness (QED) is 0.884. The molecular formula is C13H18F2O3. The lowest BCUT2D eigenvalue weighted by Crippen LogP contribution is -2.12. The molecular weight excluding hydrogens is 242 g/mol. The molecule has 5 heteroatoms. The second kappa shape index (κ2) is 5.52. The van der Waals surface area contributed by atoms with Crippen molar-refractivity contribution in [3.8, 4) is 11.5 Å². The summed E-state index contributed by atoms with van der Waals surface area (Å²) in [6.07, 6.45) is -0.423. The smallest absolute Gasteiger partial charge is 0.270 e. The Hall–Kier alpha value is -1.36. The van der Waals surface area contributed by atoms with Crippen molar-refractivity contribution in [3.63, 3.8) is 0 Å². The third-order valence-corrected chi connectivity index (χ3v) is 2.58. The van der Waals surface area contributed by atoms with Gasteiger partial charge in [0.2, 0.25) is 0 Å². The fraction of sp³-hybridized carbons (Fsp3) is 0.538. The van der Waals surface area contributed by atoms with E-state index in [9.17, 15) is 13.9 Å². The summed E-state index contributed by atoms with van der Waals surface area (Å²) < 4.78 is 36.9. The van der Waals surface area contributed by atoms with Crippen LogP contribution >= 0.6 is 0 Å². The minimum absolute atomic E-state index is 0.157. The van der Waals surface area contributed by atoms with E-state index in [1.807, 2.05) is 0 Å². The summed E-state index contributed by atoms with van der Waals surface area (Å²) in [6.45, 7) is 2.41. The molecule has 0 aliphatic heterocycles. The van der Waals surface area contributed by atoms with Crippen molar-refractivity contribution in [1.82, 2.24) is 0 Å². The van der Waals surface area contributed by atoms with Crippen LogP contribution in [0.25, 0.3) is 0 Å². The fourth-order valence-electron chi connectivity index (χ4n) is 1.77. The van der Waals surface area contributed by atoms with Crippen LogP contribution in [0.3, 0.4) is 0 Å². The molecule has 1 unspecified atom stereocenters. The van der Waals surface area contributed by atoms with Gasteiger partial charge in [0.05, 0.1) is 20.3 Å². The maximum atomic E-state index is 13.4. The molecule has 0 fully saturated rings. The molecule has 1 rings (SSSR count). The van der Waals surface area contributed by atoms with Gasteiger partial charge in [-0.3, -0.25) is 0 Å². The number of hydrogen-bond acceptors (Lipinski definition) is 3. The molecule has 3 nitrogen and oxygen atoms in total. The topological polar surface area (TPSA) is 38.7 Å². The maximum Gasteiger partial charge on any atom is 0.270 e. The first-order valence-electron chi connectivity index (χ1n) is 5.60. The van der Waals surface area contributed by atoms with Crippen molar-refractivity contribution in [1.29, 1.82) is 0 Å². The summed E-state index contributed by atoms with van der Waals surface area (Å²) in [6, 6.07) is 2.60. The van der Waals surface area contributed by atoms with Crippen molar-refractivity contribution in [2.24, 2.45) is 0 Å². The first kappa shape index (κ1) is 14.7. The number of rotatable bonds is 5. The molecule has 0 aromatic heterocycles. The third kappa shape index (κ3) is 3.32. The number of methoxy groups -OCH3 is 2. The lowest BCUT2D eigenvalue weighted by molar-refractivity contribution is 0.0170. The Bertz CT molecular complexity index is 411. The molecule has 0 bridgehead atoms. The standard InChI is InChI=1S/C13H18F2O3/c1-8(16)5-9-6-10(13(2,14)15)7-11(17-3)12(9)18-4/h6-8,16H,5H2,1-4H3. The van der Waals surface area contributed by atoms with Gasteiger partial charge < -0.3 is 14.6 Å².